The molecule has 0 unspecified atom stereocenters. The highest BCUT2D eigenvalue weighted by atomic mass is 19.1. The van der Waals surface area contributed by atoms with Crippen molar-refractivity contribution in [3.63, 3.8) is 0 Å². The molecule has 0 aliphatic carbocycles. The summed E-state index contributed by atoms with van der Waals surface area (Å²) in [7, 11) is 0. The van der Waals surface area contributed by atoms with Gasteiger partial charge in [-0.2, -0.15) is 0 Å². The molecule has 182 valence electrons. The zero-order valence-corrected chi connectivity index (χ0v) is 20.1. The van der Waals surface area contributed by atoms with Crippen LogP contribution < -0.4 is 10.2 Å². The van der Waals surface area contributed by atoms with E-state index in [2.05, 4.69) is 20.2 Å². The molecule has 2 amide bonds. The first-order valence-corrected chi connectivity index (χ1v) is 12.0. The summed E-state index contributed by atoms with van der Waals surface area (Å²) in [6, 6.07) is 13.4. The zero-order chi connectivity index (χ0) is 24.8. The van der Waals surface area contributed by atoms with E-state index < -0.39 is 0 Å². The maximum atomic E-state index is 13.4. The van der Waals surface area contributed by atoms with Crippen molar-refractivity contribution in [3.05, 3.63) is 77.9 Å². The fourth-order valence-corrected chi connectivity index (χ4v) is 4.26. The van der Waals surface area contributed by atoms with Gasteiger partial charge in [0.15, 0.2) is 0 Å². The van der Waals surface area contributed by atoms with Gasteiger partial charge in [0.25, 0.3) is 11.8 Å². The minimum Gasteiger partial charge on any atom is -0.356 e. The first-order valence-electron chi connectivity index (χ1n) is 12.0. The number of nitrogens with zero attached hydrogens (tertiary/aromatic N) is 4. The average molecular weight is 476 g/mol. The van der Waals surface area contributed by atoms with E-state index in [4.69, 9.17) is 0 Å². The lowest BCUT2D eigenvalue weighted by Gasteiger charge is -2.33. The molecule has 7 nitrogen and oxygen atoms in total. The number of pyridine rings is 2. The van der Waals surface area contributed by atoms with Crippen molar-refractivity contribution in [3.8, 4) is 11.3 Å². The van der Waals surface area contributed by atoms with E-state index in [9.17, 15) is 14.0 Å². The third kappa shape index (κ3) is 5.82. The molecule has 1 aromatic carbocycles. The molecular formula is C27H30FN5O2. The number of aromatic nitrogens is 2. The second-order valence-electron chi connectivity index (χ2n) is 8.56. The van der Waals surface area contributed by atoms with E-state index in [1.54, 1.807) is 35.4 Å². The van der Waals surface area contributed by atoms with E-state index in [1.165, 1.54) is 18.3 Å². The first-order chi connectivity index (χ1) is 17.0. The molecular weight excluding hydrogens is 445 g/mol. The number of benzene rings is 1. The SMILES string of the molecule is CCN(CC)C(=O)c1ccc(N2CCC(NC(=O)c3ccc(-c4cccc(F)c4)nc3)CC2)nc1. The molecule has 0 saturated carbocycles. The summed E-state index contributed by atoms with van der Waals surface area (Å²) < 4.78 is 13.4. The van der Waals surface area contributed by atoms with E-state index in [-0.39, 0.29) is 23.7 Å². The smallest absolute Gasteiger partial charge is 0.255 e. The predicted octanol–water partition coefficient (Wildman–Crippen LogP) is 4.16. The lowest BCUT2D eigenvalue weighted by atomic mass is 10.0. The van der Waals surface area contributed by atoms with Crippen LogP contribution in [0.25, 0.3) is 11.3 Å². The van der Waals surface area contributed by atoms with Gasteiger partial charge in [-0.05, 0) is 63.1 Å². The van der Waals surface area contributed by atoms with Gasteiger partial charge in [-0.25, -0.2) is 9.37 Å². The van der Waals surface area contributed by atoms with Gasteiger partial charge >= 0.3 is 0 Å². The van der Waals surface area contributed by atoms with Gasteiger partial charge in [-0.15, -0.1) is 0 Å². The van der Waals surface area contributed by atoms with Crippen LogP contribution in [-0.2, 0) is 0 Å². The number of carbonyl (C=O) groups excluding carboxylic acids is 2. The third-order valence-corrected chi connectivity index (χ3v) is 6.35. The molecule has 0 atom stereocenters. The third-order valence-electron chi connectivity index (χ3n) is 6.35. The number of rotatable bonds is 7. The Morgan fingerprint density at radius 2 is 1.71 bits per heavy atom. The largest absolute Gasteiger partial charge is 0.356 e. The Balaban J connectivity index is 1.30. The molecule has 1 aliphatic heterocycles. The van der Waals surface area contributed by atoms with Gasteiger partial charge in [0, 0.05) is 50.2 Å². The van der Waals surface area contributed by atoms with Gasteiger partial charge in [0.2, 0.25) is 0 Å². The highest BCUT2D eigenvalue weighted by molar-refractivity contribution is 5.94. The van der Waals surface area contributed by atoms with Crippen molar-refractivity contribution >= 4 is 17.6 Å². The average Bonchev–Trinajstić information content (AvgIpc) is 2.90. The summed E-state index contributed by atoms with van der Waals surface area (Å²) in [4.78, 5) is 37.9. The highest BCUT2D eigenvalue weighted by Crippen LogP contribution is 2.20. The molecule has 0 spiro atoms. The molecule has 4 rings (SSSR count). The number of hydrogen-bond acceptors (Lipinski definition) is 5. The Kier molecular flexibility index (Phi) is 7.70. The van der Waals surface area contributed by atoms with E-state index in [1.807, 2.05) is 26.0 Å². The second-order valence-corrected chi connectivity index (χ2v) is 8.56. The Bertz CT molecular complexity index is 1150. The second kappa shape index (κ2) is 11.1. The Morgan fingerprint density at radius 1 is 1.00 bits per heavy atom. The minimum absolute atomic E-state index is 0.00562. The van der Waals surface area contributed by atoms with Crippen LogP contribution in [0.5, 0.6) is 0 Å². The normalized spacial score (nSPS) is 14.0. The van der Waals surface area contributed by atoms with Crippen molar-refractivity contribution in [2.45, 2.75) is 32.7 Å². The fourth-order valence-electron chi connectivity index (χ4n) is 4.26. The van der Waals surface area contributed by atoms with Gasteiger partial charge in [-0.3, -0.25) is 14.6 Å². The lowest BCUT2D eigenvalue weighted by molar-refractivity contribution is 0.0772. The van der Waals surface area contributed by atoms with Crippen molar-refractivity contribution in [2.24, 2.45) is 0 Å². The molecule has 35 heavy (non-hydrogen) atoms. The summed E-state index contributed by atoms with van der Waals surface area (Å²) in [6.07, 6.45) is 4.75. The maximum absolute atomic E-state index is 13.4. The Labute approximate surface area is 205 Å². The van der Waals surface area contributed by atoms with Crippen molar-refractivity contribution in [2.75, 3.05) is 31.1 Å². The predicted molar refractivity (Wildman–Crippen MR) is 134 cm³/mol. The van der Waals surface area contributed by atoms with Crippen LogP contribution in [0.15, 0.2) is 60.9 Å². The summed E-state index contributed by atoms with van der Waals surface area (Å²) in [5.41, 5.74) is 2.36. The van der Waals surface area contributed by atoms with Crippen molar-refractivity contribution in [1.82, 2.24) is 20.2 Å². The monoisotopic (exact) mass is 475 g/mol. The fraction of sp³-hybridized carbons (Fsp3) is 0.333. The van der Waals surface area contributed by atoms with Crippen LogP contribution in [0.4, 0.5) is 10.2 Å². The number of nitrogens with one attached hydrogen (secondary N) is 1. The number of piperidine rings is 1. The van der Waals surface area contributed by atoms with E-state index in [0.29, 0.717) is 35.5 Å². The van der Waals surface area contributed by atoms with Crippen molar-refractivity contribution < 1.29 is 14.0 Å². The minimum atomic E-state index is -0.322. The molecule has 1 N–H and O–H groups in total. The maximum Gasteiger partial charge on any atom is 0.255 e. The Morgan fingerprint density at radius 3 is 2.31 bits per heavy atom. The molecule has 8 heteroatoms. The topological polar surface area (TPSA) is 78.4 Å². The van der Waals surface area contributed by atoms with Crippen LogP contribution in [0.3, 0.4) is 0 Å². The number of anilines is 1. The van der Waals surface area contributed by atoms with Gasteiger partial charge in [0.1, 0.15) is 11.6 Å². The zero-order valence-electron chi connectivity index (χ0n) is 20.1. The molecule has 3 aromatic rings. The van der Waals surface area contributed by atoms with Crippen LogP contribution >= 0.6 is 0 Å². The van der Waals surface area contributed by atoms with E-state index >= 15 is 0 Å². The van der Waals surface area contributed by atoms with Gasteiger partial charge in [-0.1, -0.05) is 12.1 Å². The van der Waals surface area contributed by atoms with Crippen LogP contribution in [0.2, 0.25) is 0 Å². The van der Waals surface area contributed by atoms with Gasteiger partial charge in [0.05, 0.1) is 16.8 Å². The summed E-state index contributed by atoms with van der Waals surface area (Å²) >= 11 is 0. The summed E-state index contributed by atoms with van der Waals surface area (Å²) in [5, 5.41) is 3.09. The standard InChI is InChI=1S/C27H30FN5O2/c1-3-32(4-2)27(35)21-9-11-25(30-18-21)33-14-12-23(13-15-33)31-26(34)20-8-10-24(29-17-20)19-6-5-7-22(28)16-19/h5-11,16-18,23H,3-4,12-15H2,1-2H3,(H,31,34). The van der Waals surface area contributed by atoms with Crippen LogP contribution in [0, 0.1) is 5.82 Å². The number of halogens is 1. The molecule has 0 bridgehead atoms. The molecule has 1 aliphatic rings. The number of carbonyl (C=O) groups is 2. The van der Waals surface area contributed by atoms with E-state index in [0.717, 1.165) is 31.7 Å². The number of amides is 2. The molecule has 2 aromatic heterocycles. The van der Waals surface area contributed by atoms with Crippen LogP contribution in [0.1, 0.15) is 47.4 Å². The molecule has 1 fully saturated rings. The lowest BCUT2D eigenvalue weighted by Crippen LogP contribution is -2.45. The molecule has 0 radical (unpaired) electrons. The summed E-state index contributed by atoms with van der Waals surface area (Å²) in [6.45, 7) is 6.79. The Hall–Kier alpha value is -3.81. The summed E-state index contributed by atoms with van der Waals surface area (Å²) in [5.74, 6) is 0.341. The van der Waals surface area contributed by atoms with Gasteiger partial charge < -0.3 is 15.1 Å². The molecule has 3 heterocycles. The number of hydrogen-bond donors (Lipinski definition) is 1. The quantitative estimate of drug-likeness (QED) is 0.555. The van der Waals surface area contributed by atoms with Crippen LogP contribution in [-0.4, -0.2) is 58.9 Å². The molecule has 1 saturated heterocycles. The highest BCUT2D eigenvalue weighted by Gasteiger charge is 2.23. The van der Waals surface area contributed by atoms with Crippen molar-refractivity contribution in [1.29, 1.82) is 0 Å². The first kappa shape index (κ1) is 24.3.